The van der Waals surface area contributed by atoms with Gasteiger partial charge in [-0.3, -0.25) is 4.79 Å². The van der Waals surface area contributed by atoms with E-state index in [1.807, 2.05) is 0 Å². The first-order valence-electron chi connectivity index (χ1n) is 7.93. The number of nitrogen functional groups attached to an aromatic ring is 1. The van der Waals surface area contributed by atoms with E-state index >= 15 is 0 Å². The monoisotopic (exact) mass is 383 g/mol. The zero-order valence-electron chi connectivity index (χ0n) is 14.7. The molecule has 0 radical (unpaired) electrons. The SMILES string of the molecule is COC(=O)c1cccc(Nc2nc(N)c(C(=O)c3ccccc3OC)s2)c1. The lowest BCUT2D eigenvalue weighted by atomic mass is 10.1. The molecule has 0 amide bonds. The summed E-state index contributed by atoms with van der Waals surface area (Å²) >= 11 is 1.13. The largest absolute Gasteiger partial charge is 0.496 e. The fourth-order valence-corrected chi connectivity index (χ4v) is 3.33. The molecule has 0 unspecified atom stereocenters. The van der Waals surface area contributed by atoms with Crippen LogP contribution in [0, 0.1) is 0 Å². The predicted octanol–water partition coefficient (Wildman–Crippen LogP) is 3.50. The molecule has 1 aromatic heterocycles. The summed E-state index contributed by atoms with van der Waals surface area (Å²) in [6, 6.07) is 13.7. The predicted molar refractivity (Wildman–Crippen MR) is 104 cm³/mol. The van der Waals surface area contributed by atoms with E-state index in [4.69, 9.17) is 15.2 Å². The van der Waals surface area contributed by atoms with E-state index < -0.39 is 5.97 Å². The highest BCUT2D eigenvalue weighted by Gasteiger charge is 2.21. The Bertz CT molecular complexity index is 1000. The van der Waals surface area contributed by atoms with Gasteiger partial charge in [-0.1, -0.05) is 29.5 Å². The van der Waals surface area contributed by atoms with Crippen LogP contribution in [0.2, 0.25) is 0 Å². The molecule has 0 aliphatic heterocycles. The van der Waals surface area contributed by atoms with Crippen LogP contribution in [-0.2, 0) is 4.74 Å². The average molecular weight is 383 g/mol. The third kappa shape index (κ3) is 3.90. The highest BCUT2D eigenvalue weighted by atomic mass is 32.1. The van der Waals surface area contributed by atoms with Gasteiger partial charge in [0, 0.05) is 5.69 Å². The topological polar surface area (TPSA) is 104 Å². The second kappa shape index (κ2) is 7.88. The number of hydrogen-bond donors (Lipinski definition) is 2. The van der Waals surface area contributed by atoms with E-state index in [0.717, 1.165) is 11.3 Å². The van der Waals surface area contributed by atoms with E-state index in [9.17, 15) is 9.59 Å². The van der Waals surface area contributed by atoms with Gasteiger partial charge in [0.2, 0.25) is 5.78 Å². The number of nitrogens with zero attached hydrogens (tertiary/aromatic N) is 1. The lowest BCUT2D eigenvalue weighted by Gasteiger charge is -2.06. The number of nitrogens with two attached hydrogens (primary N) is 1. The van der Waals surface area contributed by atoms with Gasteiger partial charge in [0.05, 0.1) is 25.3 Å². The molecule has 3 rings (SSSR count). The number of thiazole rings is 1. The Morgan fingerprint density at radius 2 is 1.89 bits per heavy atom. The van der Waals surface area contributed by atoms with Crippen LogP contribution in [0.4, 0.5) is 16.6 Å². The average Bonchev–Trinajstić information content (AvgIpc) is 3.06. The molecule has 0 saturated heterocycles. The summed E-state index contributed by atoms with van der Waals surface area (Å²) in [6.07, 6.45) is 0. The molecule has 0 bridgehead atoms. The third-order valence-electron chi connectivity index (χ3n) is 3.75. The number of aromatic nitrogens is 1. The second-order valence-electron chi connectivity index (χ2n) is 5.46. The number of nitrogens with one attached hydrogen (secondary N) is 1. The molecular weight excluding hydrogens is 366 g/mol. The number of anilines is 3. The van der Waals surface area contributed by atoms with Crippen molar-refractivity contribution in [1.82, 2.24) is 4.98 Å². The lowest BCUT2D eigenvalue weighted by Crippen LogP contribution is -2.04. The number of carbonyl (C=O) groups excluding carboxylic acids is 2. The van der Waals surface area contributed by atoms with Gasteiger partial charge >= 0.3 is 5.97 Å². The number of benzene rings is 2. The minimum Gasteiger partial charge on any atom is -0.496 e. The molecule has 0 aliphatic carbocycles. The van der Waals surface area contributed by atoms with Crippen molar-refractivity contribution in [3.05, 3.63) is 64.5 Å². The van der Waals surface area contributed by atoms with Gasteiger partial charge in [0.15, 0.2) is 5.13 Å². The summed E-state index contributed by atoms with van der Waals surface area (Å²) in [6.45, 7) is 0. The first kappa shape index (κ1) is 18.4. The molecule has 138 valence electrons. The fraction of sp³-hybridized carbons (Fsp3) is 0.105. The molecule has 0 aliphatic rings. The van der Waals surface area contributed by atoms with Crippen molar-refractivity contribution in [3.63, 3.8) is 0 Å². The molecule has 27 heavy (non-hydrogen) atoms. The van der Waals surface area contributed by atoms with Gasteiger partial charge in [-0.05, 0) is 30.3 Å². The van der Waals surface area contributed by atoms with Gasteiger partial charge in [-0.25, -0.2) is 9.78 Å². The minimum absolute atomic E-state index is 0.127. The number of para-hydroxylation sites is 1. The van der Waals surface area contributed by atoms with Crippen LogP contribution in [0.3, 0.4) is 0 Å². The zero-order valence-corrected chi connectivity index (χ0v) is 15.5. The Kier molecular flexibility index (Phi) is 5.37. The van der Waals surface area contributed by atoms with E-state index in [2.05, 4.69) is 10.3 Å². The van der Waals surface area contributed by atoms with Crippen LogP contribution in [0.25, 0.3) is 0 Å². The number of ether oxygens (including phenoxy) is 2. The molecule has 3 N–H and O–H groups in total. The number of ketones is 1. The van der Waals surface area contributed by atoms with Crippen molar-refractivity contribution in [2.45, 2.75) is 0 Å². The summed E-state index contributed by atoms with van der Waals surface area (Å²) < 4.78 is 9.95. The normalized spacial score (nSPS) is 10.3. The highest BCUT2D eigenvalue weighted by Crippen LogP contribution is 2.32. The molecule has 7 nitrogen and oxygen atoms in total. The van der Waals surface area contributed by atoms with Crippen molar-refractivity contribution in [1.29, 1.82) is 0 Å². The maximum atomic E-state index is 12.8. The fourth-order valence-electron chi connectivity index (χ4n) is 2.47. The maximum Gasteiger partial charge on any atom is 0.337 e. The molecule has 0 atom stereocenters. The molecule has 0 saturated carbocycles. The van der Waals surface area contributed by atoms with Gasteiger partial charge in [-0.2, -0.15) is 0 Å². The molecule has 0 spiro atoms. The summed E-state index contributed by atoms with van der Waals surface area (Å²) in [5.41, 5.74) is 7.39. The molecule has 0 fully saturated rings. The Hall–Kier alpha value is -3.39. The summed E-state index contributed by atoms with van der Waals surface area (Å²) in [7, 11) is 2.82. The molecule has 2 aromatic carbocycles. The van der Waals surface area contributed by atoms with Crippen LogP contribution < -0.4 is 15.8 Å². The highest BCUT2D eigenvalue weighted by molar-refractivity contribution is 7.18. The van der Waals surface area contributed by atoms with Crippen LogP contribution in [0.5, 0.6) is 5.75 Å². The minimum atomic E-state index is -0.440. The van der Waals surface area contributed by atoms with Crippen molar-refractivity contribution in [3.8, 4) is 5.75 Å². The van der Waals surface area contributed by atoms with E-state index in [1.165, 1.54) is 14.2 Å². The lowest BCUT2D eigenvalue weighted by molar-refractivity contribution is 0.0600. The first-order valence-corrected chi connectivity index (χ1v) is 8.74. The quantitative estimate of drug-likeness (QED) is 0.496. The number of hydrogen-bond acceptors (Lipinski definition) is 8. The molecule has 3 aromatic rings. The van der Waals surface area contributed by atoms with Crippen molar-refractivity contribution < 1.29 is 19.1 Å². The van der Waals surface area contributed by atoms with Gasteiger partial charge < -0.3 is 20.5 Å². The number of rotatable bonds is 6. The molecular formula is C19H17N3O4S. The van der Waals surface area contributed by atoms with E-state index in [-0.39, 0.29) is 11.6 Å². The zero-order chi connectivity index (χ0) is 19.4. The van der Waals surface area contributed by atoms with Crippen molar-refractivity contribution >= 4 is 39.7 Å². The Morgan fingerprint density at radius 1 is 1.11 bits per heavy atom. The van der Waals surface area contributed by atoms with Crippen LogP contribution in [0.15, 0.2) is 48.5 Å². The number of methoxy groups -OCH3 is 2. The summed E-state index contributed by atoms with van der Waals surface area (Å²) in [4.78, 5) is 29.0. The van der Waals surface area contributed by atoms with E-state index in [0.29, 0.717) is 32.6 Å². The van der Waals surface area contributed by atoms with Gasteiger partial charge in [0.25, 0.3) is 0 Å². The van der Waals surface area contributed by atoms with Crippen molar-refractivity contribution in [2.75, 3.05) is 25.3 Å². The summed E-state index contributed by atoms with van der Waals surface area (Å²) in [5, 5.41) is 3.49. The third-order valence-corrected chi connectivity index (χ3v) is 4.73. The second-order valence-corrected chi connectivity index (χ2v) is 6.46. The Balaban J connectivity index is 1.87. The molecule has 1 heterocycles. The number of esters is 1. The van der Waals surface area contributed by atoms with Crippen LogP contribution >= 0.6 is 11.3 Å². The number of carbonyl (C=O) groups is 2. The van der Waals surface area contributed by atoms with E-state index in [1.54, 1.807) is 48.5 Å². The Labute approximate surface area is 159 Å². The Morgan fingerprint density at radius 3 is 2.63 bits per heavy atom. The van der Waals surface area contributed by atoms with Crippen LogP contribution in [0.1, 0.15) is 25.6 Å². The summed E-state index contributed by atoms with van der Waals surface area (Å²) in [5.74, 6) is -0.110. The van der Waals surface area contributed by atoms with Gasteiger partial charge in [0.1, 0.15) is 16.4 Å². The smallest absolute Gasteiger partial charge is 0.337 e. The first-order chi connectivity index (χ1) is 13.0. The molecule has 8 heteroatoms. The van der Waals surface area contributed by atoms with Gasteiger partial charge in [-0.15, -0.1) is 0 Å². The van der Waals surface area contributed by atoms with Crippen molar-refractivity contribution in [2.24, 2.45) is 0 Å². The van der Waals surface area contributed by atoms with Crippen LogP contribution in [-0.4, -0.2) is 31.0 Å². The standard InChI is InChI=1S/C19H17N3O4S/c1-25-14-9-4-3-8-13(14)15(23)16-17(20)22-19(27-16)21-12-7-5-6-11(10-12)18(24)26-2/h3-10H,20H2,1-2H3,(H,21,22). The maximum absolute atomic E-state index is 12.8.